The highest BCUT2D eigenvalue weighted by atomic mass is 32.1. The van der Waals surface area contributed by atoms with Crippen molar-refractivity contribution in [3.05, 3.63) is 161 Å². The van der Waals surface area contributed by atoms with Crippen LogP contribution in [0.5, 0.6) is 0 Å². The Morgan fingerprint density at radius 2 is 1.29 bits per heavy atom. The number of hydrogen-bond acceptors (Lipinski definition) is 3. The summed E-state index contributed by atoms with van der Waals surface area (Å²) in [6, 6.07) is 51.5. The predicted molar refractivity (Wildman–Crippen MR) is 241 cm³/mol. The molecule has 3 aliphatic heterocycles. The zero-order valence-corrected chi connectivity index (χ0v) is 33.9. The van der Waals surface area contributed by atoms with E-state index in [9.17, 15) is 0 Å². The van der Waals surface area contributed by atoms with Crippen LogP contribution in [-0.4, -0.2) is 6.85 Å². The topological polar surface area (TPSA) is 6.48 Å². The van der Waals surface area contributed by atoms with Crippen molar-refractivity contribution in [2.75, 3.05) is 9.71 Å². The smallest absolute Gasteiger partial charge is 0.333 e. The van der Waals surface area contributed by atoms with Gasteiger partial charge in [-0.3, -0.25) is 0 Å². The first kappa shape index (κ1) is 32.6. The summed E-state index contributed by atoms with van der Waals surface area (Å²) in [4.78, 5) is 5.42. The maximum Gasteiger partial charge on any atom is 0.333 e. The lowest BCUT2D eigenvalue weighted by molar-refractivity contribution is 0.590. The summed E-state index contributed by atoms with van der Waals surface area (Å²) >= 11 is 1.92. The third-order valence-corrected chi connectivity index (χ3v) is 14.9. The number of benzene rings is 7. The van der Waals surface area contributed by atoms with E-state index in [1.165, 1.54) is 110 Å². The Balaban J connectivity index is 1.30. The number of rotatable bonds is 1. The van der Waals surface area contributed by atoms with E-state index in [0.29, 0.717) is 0 Å². The molecule has 4 heterocycles. The van der Waals surface area contributed by atoms with Crippen molar-refractivity contribution in [3.8, 4) is 22.3 Å². The van der Waals surface area contributed by atoms with Crippen LogP contribution in [0.2, 0.25) is 0 Å². The van der Waals surface area contributed by atoms with Gasteiger partial charge in [-0.25, -0.2) is 0 Å². The van der Waals surface area contributed by atoms with Crippen LogP contribution in [0.4, 0.5) is 28.4 Å². The number of anilines is 5. The highest BCUT2D eigenvalue weighted by Gasteiger charge is 2.53. The van der Waals surface area contributed by atoms with Crippen LogP contribution in [0.25, 0.3) is 42.4 Å². The lowest BCUT2D eigenvalue weighted by Crippen LogP contribution is -2.63. The fourth-order valence-electron chi connectivity index (χ4n) is 11.1. The molecule has 0 spiro atoms. The molecule has 0 N–H and O–H groups in total. The van der Waals surface area contributed by atoms with Crippen LogP contribution in [-0.2, 0) is 16.2 Å². The van der Waals surface area contributed by atoms with E-state index in [1.807, 2.05) is 11.3 Å². The summed E-state index contributed by atoms with van der Waals surface area (Å²) in [5, 5.41) is 2.70. The Morgan fingerprint density at radius 3 is 2.09 bits per heavy atom. The summed E-state index contributed by atoms with van der Waals surface area (Å²) < 4.78 is 2.67. The van der Waals surface area contributed by atoms with Gasteiger partial charge in [0.25, 0.3) is 0 Å². The van der Waals surface area contributed by atoms with Gasteiger partial charge in [0.05, 0.1) is 5.69 Å². The van der Waals surface area contributed by atoms with Gasteiger partial charge in [0.15, 0.2) is 0 Å². The van der Waals surface area contributed by atoms with Crippen LogP contribution in [0, 0.1) is 0 Å². The molecule has 0 radical (unpaired) electrons. The highest BCUT2D eigenvalue weighted by molar-refractivity contribution is 7.26. The minimum absolute atomic E-state index is 0.0348. The molecule has 4 aliphatic rings. The molecule has 2 nitrogen and oxygen atoms in total. The summed E-state index contributed by atoms with van der Waals surface area (Å²) in [5.74, 6) is 0. The van der Waals surface area contributed by atoms with E-state index in [0.717, 1.165) is 0 Å². The van der Waals surface area contributed by atoms with E-state index in [2.05, 4.69) is 192 Å². The quantitative estimate of drug-likeness (QED) is 0.155. The summed E-state index contributed by atoms with van der Waals surface area (Å²) in [6.45, 7) is 16.7. The van der Waals surface area contributed by atoms with Gasteiger partial charge >= 0.3 is 6.85 Å². The second kappa shape index (κ2) is 10.6. The Hall–Kier alpha value is -5.58. The zero-order valence-electron chi connectivity index (χ0n) is 33.1. The Labute approximate surface area is 334 Å². The number of thiophene rings is 1. The van der Waals surface area contributed by atoms with Gasteiger partial charge < -0.3 is 9.71 Å². The minimum Gasteiger partial charge on any atom is -0.376 e. The number of fused-ring (bicyclic) bond motifs is 14. The first-order chi connectivity index (χ1) is 27.0. The van der Waals surface area contributed by atoms with Crippen LogP contribution in [0.15, 0.2) is 133 Å². The molecule has 1 aliphatic carbocycles. The van der Waals surface area contributed by atoms with Gasteiger partial charge in [-0.05, 0) is 103 Å². The second-order valence-electron chi connectivity index (χ2n) is 18.5. The molecule has 7 aromatic carbocycles. The third kappa shape index (κ3) is 3.93. The average Bonchev–Trinajstić information content (AvgIpc) is 3.69. The molecule has 4 heteroatoms. The van der Waals surface area contributed by atoms with Crippen LogP contribution in [0.1, 0.15) is 76.3 Å². The molecule has 0 bridgehead atoms. The van der Waals surface area contributed by atoms with E-state index >= 15 is 0 Å². The molecule has 56 heavy (non-hydrogen) atoms. The van der Waals surface area contributed by atoms with Crippen molar-refractivity contribution < 1.29 is 0 Å². The van der Waals surface area contributed by atoms with Crippen molar-refractivity contribution in [2.45, 2.75) is 64.7 Å². The van der Waals surface area contributed by atoms with Crippen molar-refractivity contribution in [1.29, 1.82) is 0 Å². The Kier molecular flexibility index (Phi) is 6.20. The standard InChI is InChI=1S/C52H43BN2S/c1-50(2,3)30-23-25-31(26-24-30)55-41-27-28-43-45(33-16-9-13-22-42(33)56-43)44(41)35-29-34-32-15-8-10-17-36(32)52(6,7)46(34)49-47(35)53(55)39-20-14-19-38-48(39)54(49)40-21-12-11-18-37(40)51(38,4)5/h8-29H,1-7H3. The molecule has 12 rings (SSSR count). The molecule has 1 aromatic heterocycles. The molecule has 0 atom stereocenters. The molecular formula is C52H43BN2S. The third-order valence-electron chi connectivity index (χ3n) is 13.7. The number of hydrogen-bond donors (Lipinski definition) is 0. The summed E-state index contributed by atoms with van der Waals surface area (Å²) in [6.07, 6.45) is 0. The van der Waals surface area contributed by atoms with Crippen LogP contribution in [0.3, 0.4) is 0 Å². The summed E-state index contributed by atoms with van der Waals surface area (Å²) in [7, 11) is 0. The van der Waals surface area contributed by atoms with Crippen LogP contribution < -0.4 is 20.6 Å². The van der Waals surface area contributed by atoms with Crippen molar-refractivity contribution in [3.63, 3.8) is 0 Å². The predicted octanol–water partition coefficient (Wildman–Crippen LogP) is 13.0. The maximum absolute atomic E-state index is 2.71. The monoisotopic (exact) mass is 738 g/mol. The zero-order chi connectivity index (χ0) is 38.0. The van der Waals surface area contributed by atoms with Gasteiger partial charge in [-0.15, -0.1) is 11.3 Å². The van der Waals surface area contributed by atoms with Gasteiger partial charge in [-0.1, -0.05) is 139 Å². The lowest BCUT2D eigenvalue weighted by Gasteiger charge is -2.51. The van der Waals surface area contributed by atoms with Crippen molar-refractivity contribution in [1.82, 2.24) is 0 Å². The van der Waals surface area contributed by atoms with Crippen molar-refractivity contribution >= 4 is 77.7 Å². The first-order valence-corrected chi connectivity index (χ1v) is 21.0. The minimum atomic E-state index is -0.213. The Morgan fingerprint density at radius 1 is 0.571 bits per heavy atom. The second-order valence-corrected chi connectivity index (χ2v) is 19.6. The SMILES string of the molecule is CC(C)(C)c1ccc(N2B3c4cccc5c4N(c4ccccc4C5(C)C)c4c3c(cc3c4C(C)(C)c4ccccc4-3)-c3c2ccc2sc4ccccc4c32)cc1. The molecule has 0 fully saturated rings. The molecule has 0 saturated carbocycles. The number of nitrogens with zero attached hydrogens (tertiary/aromatic N) is 2. The normalized spacial score (nSPS) is 16.3. The molecular weight excluding hydrogens is 695 g/mol. The average molecular weight is 739 g/mol. The van der Waals surface area contributed by atoms with Gasteiger partial charge in [0.1, 0.15) is 0 Å². The maximum atomic E-state index is 2.71. The molecule has 0 saturated heterocycles. The van der Waals surface area contributed by atoms with Gasteiger partial charge in [0.2, 0.25) is 0 Å². The fourth-order valence-corrected chi connectivity index (χ4v) is 12.2. The molecule has 270 valence electrons. The van der Waals surface area contributed by atoms with E-state index in [1.54, 1.807) is 0 Å². The molecule has 0 unspecified atom stereocenters. The fraction of sp³-hybridized carbons (Fsp3) is 0.192. The van der Waals surface area contributed by atoms with E-state index in [4.69, 9.17) is 0 Å². The van der Waals surface area contributed by atoms with E-state index < -0.39 is 0 Å². The molecule has 0 amide bonds. The Bertz CT molecular complexity index is 3030. The van der Waals surface area contributed by atoms with Crippen molar-refractivity contribution in [2.24, 2.45) is 0 Å². The summed E-state index contributed by atoms with van der Waals surface area (Å²) in [5.41, 5.74) is 21.4. The van der Waals surface area contributed by atoms with Crippen LogP contribution >= 0.6 is 11.3 Å². The lowest BCUT2D eigenvalue weighted by atomic mass is 9.42. The van der Waals surface area contributed by atoms with Gasteiger partial charge in [-0.2, -0.15) is 0 Å². The first-order valence-electron chi connectivity index (χ1n) is 20.1. The largest absolute Gasteiger partial charge is 0.376 e. The van der Waals surface area contributed by atoms with E-state index in [-0.39, 0.29) is 23.1 Å². The molecule has 8 aromatic rings. The number of para-hydroxylation sites is 2. The highest BCUT2D eigenvalue weighted by Crippen LogP contribution is 2.61. The van der Waals surface area contributed by atoms with Gasteiger partial charge in [0, 0.05) is 59.3 Å².